The number of fused-ring (bicyclic) bond motifs is 3. The molecule has 3 unspecified atom stereocenters. The minimum Gasteiger partial charge on any atom is -0.444 e. The second-order valence-electron chi connectivity index (χ2n) is 11.5. The van der Waals surface area contributed by atoms with E-state index in [-0.39, 0.29) is 12.1 Å². The van der Waals surface area contributed by atoms with Crippen LogP contribution in [0.25, 0.3) is 10.4 Å². The average Bonchev–Trinajstić information content (AvgIpc) is 2.98. The maximum atomic E-state index is 11.8. The van der Waals surface area contributed by atoms with E-state index in [1.165, 1.54) is 0 Å². The van der Waals surface area contributed by atoms with E-state index in [0.717, 1.165) is 46.8 Å². The molecule has 0 radical (unpaired) electrons. The van der Waals surface area contributed by atoms with Crippen molar-refractivity contribution in [2.75, 3.05) is 19.8 Å². The van der Waals surface area contributed by atoms with Crippen LogP contribution in [0.1, 0.15) is 72.3 Å². The van der Waals surface area contributed by atoms with Gasteiger partial charge in [-0.1, -0.05) is 71.1 Å². The van der Waals surface area contributed by atoms with E-state index in [1.807, 2.05) is 75.4 Å². The van der Waals surface area contributed by atoms with Crippen molar-refractivity contribution in [2.24, 2.45) is 5.11 Å². The van der Waals surface area contributed by atoms with Crippen molar-refractivity contribution in [1.29, 1.82) is 0 Å². The molecule has 0 bridgehead atoms. The average molecular weight is 811 g/mol. The Balaban J connectivity index is 0.000000158. The number of rotatable bonds is 2. The standard InChI is InChI=1S/C14H18BrNO3.C9H8BrN3O.C9H9BrO2/c1-14(2,3)19-13(17)16-12-8-18-7-9-4-5-10(15)6-11(9)12;10-7-2-1-6-4-14-5-9(12-13-11)8(6)3-7;10-7-2-1-6-4-12-5-9(11)8(6)3-7/h4-6,12H,7-8H2,1-3H3,(H,16,17);1-3,9H,4-5H2;1-3,9,11H,4-5H2. The van der Waals surface area contributed by atoms with Crippen LogP contribution in [-0.2, 0) is 38.8 Å². The third-order valence-electron chi connectivity index (χ3n) is 6.91. The van der Waals surface area contributed by atoms with Crippen molar-refractivity contribution >= 4 is 53.9 Å². The van der Waals surface area contributed by atoms with Gasteiger partial charge in [0.1, 0.15) is 11.7 Å². The molecule has 6 rings (SSSR count). The number of carbonyl (C=O) groups excluding carboxylic acids is 1. The molecule has 0 saturated heterocycles. The number of nitrogens with one attached hydrogen (secondary N) is 1. The van der Waals surface area contributed by atoms with Gasteiger partial charge >= 0.3 is 6.09 Å². The van der Waals surface area contributed by atoms with Gasteiger partial charge in [0.2, 0.25) is 0 Å². The van der Waals surface area contributed by atoms with Crippen LogP contribution in [-0.4, -0.2) is 36.6 Å². The zero-order valence-corrected chi connectivity index (χ0v) is 29.9. The van der Waals surface area contributed by atoms with E-state index in [4.69, 9.17) is 24.5 Å². The highest BCUT2D eigenvalue weighted by molar-refractivity contribution is 9.11. The van der Waals surface area contributed by atoms with E-state index in [2.05, 4.69) is 63.1 Å². The fourth-order valence-electron chi connectivity index (χ4n) is 4.88. The smallest absolute Gasteiger partial charge is 0.408 e. The van der Waals surface area contributed by atoms with Gasteiger partial charge in [-0.3, -0.25) is 0 Å². The number of hydrogen-bond acceptors (Lipinski definition) is 7. The highest BCUT2D eigenvalue weighted by atomic mass is 79.9. The third-order valence-corrected chi connectivity index (χ3v) is 8.39. The molecule has 3 aliphatic rings. The first-order valence-corrected chi connectivity index (χ1v) is 16.6. The van der Waals surface area contributed by atoms with Gasteiger partial charge in [-0.15, -0.1) is 0 Å². The summed E-state index contributed by atoms with van der Waals surface area (Å²) in [5, 5.41) is 16.1. The van der Waals surface area contributed by atoms with Crippen LogP contribution in [0.5, 0.6) is 0 Å². The molecular weight excluding hydrogens is 776 g/mol. The van der Waals surface area contributed by atoms with E-state index in [9.17, 15) is 9.90 Å². The minimum atomic E-state index is -0.500. The number of nitrogens with zero attached hydrogens (tertiary/aromatic N) is 3. The molecule has 3 aromatic rings. The fourth-order valence-corrected chi connectivity index (χ4v) is 6.02. The normalized spacial score (nSPS) is 19.8. The van der Waals surface area contributed by atoms with Gasteiger partial charge in [-0.05, 0) is 96.1 Å². The number of azide groups is 1. The maximum Gasteiger partial charge on any atom is 0.408 e. The zero-order valence-electron chi connectivity index (χ0n) is 25.1. The summed E-state index contributed by atoms with van der Waals surface area (Å²) in [7, 11) is 0. The van der Waals surface area contributed by atoms with Crippen LogP contribution in [0.3, 0.4) is 0 Å². The van der Waals surface area contributed by atoms with E-state index >= 15 is 0 Å². The minimum absolute atomic E-state index is 0.170. The molecule has 3 aromatic carbocycles. The molecule has 0 saturated carbocycles. The van der Waals surface area contributed by atoms with Gasteiger partial charge in [0.25, 0.3) is 0 Å². The fraction of sp³-hybridized carbons (Fsp3) is 0.406. The number of carbonyl (C=O) groups is 1. The summed E-state index contributed by atoms with van der Waals surface area (Å²) >= 11 is 10.2. The van der Waals surface area contributed by atoms with Crippen LogP contribution < -0.4 is 5.32 Å². The molecule has 3 atom stereocenters. The Morgan fingerprint density at radius 2 is 1.33 bits per heavy atom. The molecule has 1 amide bonds. The second kappa shape index (κ2) is 16.4. The molecule has 3 heterocycles. The second-order valence-corrected chi connectivity index (χ2v) is 14.3. The summed E-state index contributed by atoms with van der Waals surface area (Å²) in [6.07, 6.45) is -0.889. The molecular formula is C32H35Br3N4O6. The summed E-state index contributed by atoms with van der Waals surface area (Å²) < 4.78 is 24.3. The lowest BCUT2D eigenvalue weighted by molar-refractivity contribution is 0.00976. The van der Waals surface area contributed by atoms with Crippen LogP contribution in [0, 0.1) is 0 Å². The SMILES string of the molecule is CC(C)(C)OC(=O)NC1COCc2ccc(Br)cc21.OC1COCc2ccc(Br)cc21.[N-]=[N+]=NC1COCc2ccc(Br)cc21. The quantitative estimate of drug-likeness (QED) is 0.151. The first-order valence-electron chi connectivity index (χ1n) is 14.2. The molecule has 0 spiro atoms. The predicted molar refractivity (Wildman–Crippen MR) is 180 cm³/mol. The number of hydrogen-bond donors (Lipinski definition) is 2. The van der Waals surface area contributed by atoms with E-state index in [1.54, 1.807) is 0 Å². The zero-order chi connectivity index (χ0) is 32.6. The van der Waals surface area contributed by atoms with Gasteiger partial charge in [0.15, 0.2) is 0 Å². The lowest BCUT2D eigenvalue weighted by Crippen LogP contribution is -2.38. The van der Waals surface area contributed by atoms with Crippen LogP contribution in [0.4, 0.5) is 4.79 Å². The van der Waals surface area contributed by atoms with Crippen LogP contribution >= 0.6 is 47.8 Å². The Morgan fingerprint density at radius 3 is 1.91 bits per heavy atom. The highest BCUT2D eigenvalue weighted by Gasteiger charge is 2.25. The van der Waals surface area contributed by atoms with Crippen molar-refractivity contribution in [1.82, 2.24) is 5.32 Å². The van der Waals surface area contributed by atoms with Crippen molar-refractivity contribution in [2.45, 2.75) is 64.4 Å². The lowest BCUT2D eigenvalue weighted by Gasteiger charge is -2.28. The number of benzene rings is 3. The van der Waals surface area contributed by atoms with Gasteiger partial charge in [0, 0.05) is 18.3 Å². The molecule has 3 aliphatic heterocycles. The lowest BCUT2D eigenvalue weighted by atomic mass is 9.99. The summed E-state index contributed by atoms with van der Waals surface area (Å²) in [6.45, 7) is 8.64. The Morgan fingerprint density at radius 1 is 0.844 bits per heavy atom. The van der Waals surface area contributed by atoms with Gasteiger partial charge < -0.3 is 29.4 Å². The van der Waals surface area contributed by atoms with Crippen molar-refractivity contribution in [3.05, 3.63) is 112 Å². The number of ether oxygens (including phenoxy) is 4. The molecule has 0 aliphatic carbocycles. The monoisotopic (exact) mass is 808 g/mol. The topological polar surface area (TPSA) is 135 Å². The van der Waals surface area contributed by atoms with E-state index < -0.39 is 17.8 Å². The molecule has 13 heteroatoms. The summed E-state index contributed by atoms with van der Waals surface area (Å²) in [4.78, 5) is 14.6. The Labute approximate surface area is 287 Å². The summed E-state index contributed by atoms with van der Waals surface area (Å²) in [6, 6.07) is 17.4. The van der Waals surface area contributed by atoms with Gasteiger partial charge in [0.05, 0.1) is 51.7 Å². The predicted octanol–water partition coefficient (Wildman–Crippen LogP) is 8.89. The molecule has 0 fully saturated rings. The Bertz CT molecular complexity index is 1540. The molecule has 45 heavy (non-hydrogen) atoms. The summed E-state index contributed by atoms with van der Waals surface area (Å²) in [5.74, 6) is 0. The highest BCUT2D eigenvalue weighted by Crippen LogP contribution is 2.31. The van der Waals surface area contributed by atoms with Crippen LogP contribution in [0.2, 0.25) is 0 Å². The summed E-state index contributed by atoms with van der Waals surface area (Å²) in [5.41, 5.74) is 14.3. The number of halogens is 3. The largest absolute Gasteiger partial charge is 0.444 e. The molecule has 2 N–H and O–H groups in total. The van der Waals surface area contributed by atoms with Gasteiger partial charge in [-0.25, -0.2) is 4.79 Å². The number of aliphatic hydroxyl groups is 1. The Kier molecular flexibility index (Phi) is 12.9. The number of aliphatic hydroxyl groups excluding tert-OH is 1. The van der Waals surface area contributed by atoms with Crippen LogP contribution in [0.15, 0.2) is 73.1 Å². The first kappa shape index (κ1) is 35.4. The number of amides is 1. The van der Waals surface area contributed by atoms with Crippen molar-refractivity contribution in [3.8, 4) is 0 Å². The Hall–Kier alpha value is -2.48. The maximum absolute atomic E-state index is 11.8. The molecule has 10 nitrogen and oxygen atoms in total. The molecule has 240 valence electrons. The van der Waals surface area contributed by atoms with Gasteiger partial charge in [-0.2, -0.15) is 0 Å². The van der Waals surface area contributed by atoms with Crippen molar-refractivity contribution < 1.29 is 28.8 Å². The third kappa shape index (κ3) is 10.5. The number of alkyl carbamates (subject to hydrolysis) is 1. The molecule has 0 aromatic heterocycles. The first-order chi connectivity index (χ1) is 21.4. The van der Waals surface area contributed by atoms with Crippen molar-refractivity contribution in [3.63, 3.8) is 0 Å². The van der Waals surface area contributed by atoms with E-state index in [0.29, 0.717) is 39.6 Å².